The third kappa shape index (κ3) is 6.57. The zero-order valence-electron chi connectivity index (χ0n) is 17.4. The molecule has 3 rings (SSSR count). The highest BCUT2D eigenvalue weighted by Gasteiger charge is 2.35. The standard InChI is InChI=1S/C25H33Cl2N2/c1-28(20-17-21-9-4-2-5-10-21)24-11-6-3-7-12-25(24)29(19-8-18-26)23-15-13-22(27)14-16-23/h2,4-5,9-10,13-16,19,24-25H,3,6-8,11-12,17-18,20H2,1H3/q+1. The van der Waals surface area contributed by atoms with E-state index in [2.05, 4.69) is 65.2 Å². The Morgan fingerprint density at radius 2 is 1.72 bits per heavy atom. The van der Waals surface area contributed by atoms with Crippen LogP contribution in [0.4, 0.5) is 5.69 Å². The third-order valence-electron chi connectivity index (χ3n) is 6.02. The van der Waals surface area contributed by atoms with Crippen molar-refractivity contribution in [2.75, 3.05) is 19.5 Å². The maximum atomic E-state index is 6.15. The molecule has 0 bridgehead atoms. The van der Waals surface area contributed by atoms with Crippen molar-refractivity contribution in [3.8, 4) is 0 Å². The van der Waals surface area contributed by atoms with Gasteiger partial charge in [-0.1, -0.05) is 54.8 Å². The van der Waals surface area contributed by atoms with E-state index in [4.69, 9.17) is 23.2 Å². The molecule has 0 spiro atoms. The number of halogens is 2. The Labute approximate surface area is 186 Å². The van der Waals surface area contributed by atoms with Crippen LogP contribution in [0.25, 0.3) is 0 Å². The van der Waals surface area contributed by atoms with Crippen LogP contribution in [0.2, 0.25) is 5.02 Å². The van der Waals surface area contributed by atoms with Crippen LogP contribution in [-0.4, -0.2) is 47.2 Å². The molecule has 0 aliphatic heterocycles. The molecule has 29 heavy (non-hydrogen) atoms. The van der Waals surface area contributed by atoms with Crippen LogP contribution in [-0.2, 0) is 6.42 Å². The first-order chi connectivity index (χ1) is 14.2. The monoisotopic (exact) mass is 431 g/mol. The minimum atomic E-state index is 0.461. The summed E-state index contributed by atoms with van der Waals surface area (Å²) in [5.74, 6) is 0.644. The average Bonchev–Trinajstić information content (AvgIpc) is 3.00. The van der Waals surface area contributed by atoms with Crippen LogP contribution in [0.1, 0.15) is 44.1 Å². The molecule has 2 nitrogen and oxygen atoms in total. The number of hydrogen-bond acceptors (Lipinski definition) is 1. The van der Waals surface area contributed by atoms with Crippen molar-refractivity contribution < 1.29 is 4.58 Å². The molecule has 2 atom stereocenters. The lowest BCUT2D eigenvalue weighted by atomic mass is 9.99. The molecule has 4 heteroatoms. The largest absolute Gasteiger partial charge is 0.297 e. The van der Waals surface area contributed by atoms with E-state index in [9.17, 15) is 0 Å². The van der Waals surface area contributed by atoms with Crippen molar-refractivity contribution in [1.82, 2.24) is 4.90 Å². The Morgan fingerprint density at radius 3 is 2.45 bits per heavy atom. The molecule has 1 aliphatic rings. The number of hydrogen-bond donors (Lipinski definition) is 0. The molecule has 1 fully saturated rings. The number of alkyl halides is 1. The van der Waals surface area contributed by atoms with Crippen LogP contribution in [0.3, 0.4) is 0 Å². The summed E-state index contributed by atoms with van der Waals surface area (Å²) in [6.45, 7) is 1.08. The molecule has 0 saturated heterocycles. The van der Waals surface area contributed by atoms with Crippen molar-refractivity contribution >= 4 is 35.1 Å². The van der Waals surface area contributed by atoms with Gasteiger partial charge in [-0.25, -0.2) is 0 Å². The van der Waals surface area contributed by atoms with E-state index < -0.39 is 0 Å². The van der Waals surface area contributed by atoms with Gasteiger partial charge in [-0.3, -0.25) is 4.90 Å². The zero-order chi connectivity index (χ0) is 20.5. The van der Waals surface area contributed by atoms with E-state index >= 15 is 0 Å². The first-order valence-electron chi connectivity index (χ1n) is 10.9. The number of likely N-dealkylation sites (N-methyl/N-ethyl adjacent to an activating group) is 1. The van der Waals surface area contributed by atoms with E-state index in [0.29, 0.717) is 18.0 Å². The molecule has 1 saturated carbocycles. The fourth-order valence-corrected chi connectivity index (χ4v) is 4.68. The van der Waals surface area contributed by atoms with Crippen LogP contribution in [0.5, 0.6) is 0 Å². The molecule has 1 aliphatic carbocycles. The maximum absolute atomic E-state index is 6.15. The second-order valence-electron chi connectivity index (χ2n) is 8.03. The van der Waals surface area contributed by atoms with Gasteiger partial charge in [0, 0.05) is 42.4 Å². The molecular weight excluding hydrogens is 399 g/mol. The molecule has 0 radical (unpaired) electrons. The van der Waals surface area contributed by atoms with E-state index in [1.165, 1.54) is 43.4 Å². The number of rotatable bonds is 8. The lowest BCUT2D eigenvalue weighted by molar-refractivity contribution is -0.491. The fourth-order valence-electron chi connectivity index (χ4n) is 4.46. The van der Waals surface area contributed by atoms with Crippen LogP contribution < -0.4 is 0 Å². The number of nitrogens with zero attached hydrogens (tertiary/aromatic N) is 2. The summed E-state index contributed by atoms with van der Waals surface area (Å²) in [6, 6.07) is 20.1. The van der Waals surface area contributed by atoms with Crippen molar-refractivity contribution in [2.24, 2.45) is 0 Å². The molecule has 0 aromatic heterocycles. The Hall–Kier alpha value is -1.35. The second kappa shape index (κ2) is 11.7. The summed E-state index contributed by atoms with van der Waals surface area (Å²) in [4.78, 5) is 2.58. The van der Waals surface area contributed by atoms with Gasteiger partial charge in [0.2, 0.25) is 5.69 Å². The van der Waals surface area contributed by atoms with Gasteiger partial charge in [0.25, 0.3) is 0 Å². The summed E-state index contributed by atoms with van der Waals surface area (Å²) >= 11 is 12.2. The Morgan fingerprint density at radius 1 is 1.00 bits per heavy atom. The van der Waals surface area contributed by atoms with Crippen LogP contribution in [0, 0.1) is 0 Å². The number of benzene rings is 2. The SMILES string of the molecule is CN(CCc1ccccc1)C1CCCCCC1[N+](=CCCCl)c1ccc(Cl)cc1. The molecule has 0 amide bonds. The van der Waals surface area contributed by atoms with Gasteiger partial charge in [0.15, 0.2) is 6.04 Å². The van der Waals surface area contributed by atoms with E-state index in [0.717, 1.165) is 24.4 Å². The van der Waals surface area contributed by atoms with E-state index in [-0.39, 0.29) is 0 Å². The van der Waals surface area contributed by atoms with Gasteiger partial charge in [0.1, 0.15) is 6.21 Å². The van der Waals surface area contributed by atoms with Crippen molar-refractivity contribution in [1.29, 1.82) is 0 Å². The zero-order valence-corrected chi connectivity index (χ0v) is 19.0. The van der Waals surface area contributed by atoms with Crippen molar-refractivity contribution in [3.63, 3.8) is 0 Å². The van der Waals surface area contributed by atoms with Gasteiger partial charge in [-0.15, -0.1) is 11.6 Å². The minimum absolute atomic E-state index is 0.461. The first-order valence-corrected chi connectivity index (χ1v) is 11.8. The lowest BCUT2D eigenvalue weighted by Crippen LogP contribution is -2.46. The lowest BCUT2D eigenvalue weighted by Gasteiger charge is -2.31. The normalized spacial score (nSPS) is 20.6. The smallest absolute Gasteiger partial charge is 0.205 e. The Balaban J connectivity index is 1.81. The highest BCUT2D eigenvalue weighted by molar-refractivity contribution is 6.30. The molecule has 2 aromatic rings. The quantitative estimate of drug-likeness (QED) is 0.198. The first kappa shape index (κ1) is 22.3. The molecule has 156 valence electrons. The molecular formula is C25H33Cl2N2+. The highest BCUT2D eigenvalue weighted by atomic mass is 35.5. The summed E-state index contributed by atoms with van der Waals surface area (Å²) < 4.78 is 2.48. The van der Waals surface area contributed by atoms with Gasteiger partial charge in [0.05, 0.1) is 6.04 Å². The summed E-state index contributed by atoms with van der Waals surface area (Å²) in [5, 5.41) is 0.781. The predicted molar refractivity (Wildman–Crippen MR) is 126 cm³/mol. The van der Waals surface area contributed by atoms with Gasteiger partial charge >= 0.3 is 0 Å². The topological polar surface area (TPSA) is 6.25 Å². The van der Waals surface area contributed by atoms with Crippen LogP contribution >= 0.6 is 23.2 Å². The van der Waals surface area contributed by atoms with Crippen LogP contribution in [0.15, 0.2) is 54.6 Å². The van der Waals surface area contributed by atoms with E-state index in [1.807, 2.05) is 12.1 Å². The highest BCUT2D eigenvalue weighted by Crippen LogP contribution is 2.29. The molecule has 0 heterocycles. The Kier molecular flexibility index (Phi) is 9.04. The average molecular weight is 432 g/mol. The van der Waals surface area contributed by atoms with Gasteiger partial charge in [-0.05, 0) is 44.0 Å². The summed E-state index contributed by atoms with van der Waals surface area (Å²) in [7, 11) is 2.30. The molecule has 0 N–H and O–H groups in total. The summed E-state index contributed by atoms with van der Waals surface area (Å²) in [6.07, 6.45) is 10.6. The maximum Gasteiger partial charge on any atom is 0.205 e. The molecule has 2 unspecified atom stereocenters. The molecule has 2 aromatic carbocycles. The van der Waals surface area contributed by atoms with E-state index in [1.54, 1.807) is 0 Å². The predicted octanol–water partition coefficient (Wildman–Crippen LogP) is 6.56. The Bertz CT molecular complexity index is 758. The third-order valence-corrected chi connectivity index (χ3v) is 6.49. The minimum Gasteiger partial charge on any atom is -0.297 e. The van der Waals surface area contributed by atoms with Gasteiger partial charge < -0.3 is 0 Å². The second-order valence-corrected chi connectivity index (χ2v) is 8.85. The fraction of sp³-hybridized carbons (Fsp3) is 0.480. The van der Waals surface area contributed by atoms with Gasteiger partial charge in [-0.2, -0.15) is 4.58 Å². The summed E-state index contributed by atoms with van der Waals surface area (Å²) in [5.41, 5.74) is 2.63. The van der Waals surface area contributed by atoms with Crippen molar-refractivity contribution in [3.05, 3.63) is 65.2 Å². The van der Waals surface area contributed by atoms with Crippen molar-refractivity contribution in [2.45, 2.75) is 57.0 Å².